The van der Waals surface area contributed by atoms with Crippen molar-refractivity contribution in [1.29, 1.82) is 0 Å². The Morgan fingerprint density at radius 1 is 1.32 bits per heavy atom. The van der Waals surface area contributed by atoms with Crippen LogP contribution in [-0.4, -0.2) is 54.6 Å². The zero-order valence-electron chi connectivity index (χ0n) is 18.2. The highest BCUT2D eigenvalue weighted by atomic mass is 16.5. The summed E-state index contributed by atoms with van der Waals surface area (Å²) in [5.41, 5.74) is 3.39. The number of aromatic nitrogens is 4. The van der Waals surface area contributed by atoms with Crippen molar-refractivity contribution >= 4 is 11.6 Å². The molecule has 3 aromatic heterocycles. The third-order valence-electron chi connectivity index (χ3n) is 6.55. The molecule has 3 aromatic rings. The fraction of sp³-hybridized carbons (Fsp3) is 0.545. The molecule has 1 atom stereocenters. The summed E-state index contributed by atoms with van der Waals surface area (Å²) in [6, 6.07) is 3.90. The molecule has 0 radical (unpaired) electrons. The second kappa shape index (κ2) is 7.64. The molecule has 1 saturated heterocycles. The minimum atomic E-state index is -0.142. The number of nitrogens with one attached hydrogen (secondary N) is 1. The molecule has 1 fully saturated rings. The van der Waals surface area contributed by atoms with Gasteiger partial charge in [0.2, 0.25) is 0 Å². The highest BCUT2D eigenvalue weighted by molar-refractivity contribution is 5.92. The Hall–Kier alpha value is -2.94. The van der Waals surface area contributed by atoms with E-state index in [0.717, 1.165) is 36.3 Å². The van der Waals surface area contributed by atoms with Gasteiger partial charge in [0.15, 0.2) is 11.3 Å². The zero-order valence-corrected chi connectivity index (χ0v) is 18.2. The van der Waals surface area contributed by atoms with E-state index in [-0.39, 0.29) is 17.5 Å². The first-order chi connectivity index (χ1) is 15.0. The molecule has 9 heteroatoms. The largest absolute Gasteiger partial charge is 0.361 e. The summed E-state index contributed by atoms with van der Waals surface area (Å²) in [6.07, 6.45) is 3.12. The van der Waals surface area contributed by atoms with Gasteiger partial charge in [-0.3, -0.25) is 19.6 Å². The summed E-state index contributed by atoms with van der Waals surface area (Å²) in [7, 11) is 0. The fourth-order valence-electron chi connectivity index (χ4n) is 4.70. The van der Waals surface area contributed by atoms with E-state index in [1.165, 1.54) is 4.52 Å². The van der Waals surface area contributed by atoms with Crippen molar-refractivity contribution in [2.75, 3.05) is 13.1 Å². The van der Waals surface area contributed by atoms with Gasteiger partial charge in [-0.15, -0.1) is 0 Å². The molecule has 0 bridgehead atoms. The molecule has 0 saturated carbocycles. The number of fused-ring (bicyclic) bond motifs is 2. The average molecular weight is 425 g/mol. The van der Waals surface area contributed by atoms with Gasteiger partial charge in [-0.25, -0.2) is 9.50 Å². The van der Waals surface area contributed by atoms with Crippen molar-refractivity contribution in [3.63, 3.8) is 0 Å². The molecule has 1 amide bonds. The number of aryl methyl sites for hydroxylation is 1. The standard InChI is InChI=1S/C22H28N6O3/c1-4-14-10-17(25-31-14)22(30)27-8-5-6-19(27)16-11-20-23-18-12-26(13(2)3)9-7-15(18)21(29)28(20)24-16/h10-11,13,19,24H,4-9,12H2,1-3H3. The summed E-state index contributed by atoms with van der Waals surface area (Å²) in [5, 5.41) is 7.17. The number of amides is 1. The number of aromatic amines is 1. The monoisotopic (exact) mass is 424 g/mol. The Kier molecular flexibility index (Phi) is 4.92. The lowest BCUT2D eigenvalue weighted by Gasteiger charge is -2.30. The van der Waals surface area contributed by atoms with Gasteiger partial charge < -0.3 is 9.42 Å². The number of hydrogen-bond acceptors (Lipinski definition) is 6. The molecule has 31 heavy (non-hydrogen) atoms. The highest BCUT2D eigenvalue weighted by Crippen LogP contribution is 2.33. The molecule has 164 valence electrons. The van der Waals surface area contributed by atoms with Crippen LogP contribution >= 0.6 is 0 Å². The topological polar surface area (TPSA) is 99.7 Å². The van der Waals surface area contributed by atoms with Crippen LogP contribution in [0.5, 0.6) is 0 Å². The van der Waals surface area contributed by atoms with Gasteiger partial charge in [0.25, 0.3) is 11.5 Å². The average Bonchev–Trinajstić information content (AvgIpc) is 3.51. The summed E-state index contributed by atoms with van der Waals surface area (Å²) in [4.78, 5) is 35.1. The minimum absolute atomic E-state index is 0.0328. The maximum absolute atomic E-state index is 13.1. The fourth-order valence-corrected chi connectivity index (χ4v) is 4.70. The highest BCUT2D eigenvalue weighted by Gasteiger charge is 2.34. The molecule has 0 spiro atoms. The smallest absolute Gasteiger partial charge is 0.276 e. The van der Waals surface area contributed by atoms with Gasteiger partial charge in [0.05, 0.1) is 17.4 Å². The predicted octanol–water partition coefficient (Wildman–Crippen LogP) is 2.32. The summed E-state index contributed by atoms with van der Waals surface area (Å²) >= 11 is 0. The quantitative estimate of drug-likeness (QED) is 0.690. The predicted molar refractivity (Wildman–Crippen MR) is 114 cm³/mol. The second-order valence-corrected chi connectivity index (χ2v) is 8.75. The molecule has 9 nitrogen and oxygen atoms in total. The number of likely N-dealkylation sites (tertiary alicyclic amines) is 1. The first kappa shape index (κ1) is 20.0. The molecule has 5 heterocycles. The van der Waals surface area contributed by atoms with Crippen LogP contribution in [-0.2, 0) is 19.4 Å². The Bertz CT molecular complexity index is 1190. The van der Waals surface area contributed by atoms with E-state index in [2.05, 4.69) is 29.0 Å². The van der Waals surface area contributed by atoms with Gasteiger partial charge in [-0.2, -0.15) is 0 Å². The van der Waals surface area contributed by atoms with E-state index in [4.69, 9.17) is 9.51 Å². The third kappa shape index (κ3) is 3.37. The second-order valence-electron chi connectivity index (χ2n) is 8.75. The number of nitrogens with zero attached hydrogens (tertiary/aromatic N) is 5. The lowest BCUT2D eigenvalue weighted by molar-refractivity contribution is 0.0722. The number of carbonyl (C=O) groups excluding carboxylic acids is 1. The lowest BCUT2D eigenvalue weighted by Crippen LogP contribution is -2.39. The van der Waals surface area contributed by atoms with Crippen LogP contribution in [0.4, 0.5) is 0 Å². The zero-order chi connectivity index (χ0) is 21.7. The number of H-pyrrole nitrogens is 1. The molecule has 1 unspecified atom stereocenters. The van der Waals surface area contributed by atoms with Crippen molar-refractivity contribution in [2.24, 2.45) is 0 Å². The number of rotatable bonds is 4. The molecule has 5 rings (SSSR count). The van der Waals surface area contributed by atoms with Crippen molar-refractivity contribution in [3.05, 3.63) is 50.9 Å². The summed E-state index contributed by atoms with van der Waals surface area (Å²) in [6.45, 7) is 8.49. The van der Waals surface area contributed by atoms with Crippen molar-refractivity contribution < 1.29 is 9.32 Å². The Balaban J connectivity index is 1.48. The third-order valence-corrected chi connectivity index (χ3v) is 6.55. The van der Waals surface area contributed by atoms with Crippen LogP contribution in [0.3, 0.4) is 0 Å². The Labute approximate surface area is 180 Å². The number of hydrogen-bond donors (Lipinski definition) is 1. The van der Waals surface area contributed by atoms with Crippen LogP contribution < -0.4 is 5.56 Å². The molecule has 0 aliphatic carbocycles. The van der Waals surface area contributed by atoms with E-state index >= 15 is 0 Å². The van der Waals surface area contributed by atoms with Crippen LogP contribution in [0.25, 0.3) is 5.65 Å². The molecular weight excluding hydrogens is 396 g/mol. The van der Waals surface area contributed by atoms with Gasteiger partial charge in [0.1, 0.15) is 5.76 Å². The molecule has 2 aliphatic heterocycles. The van der Waals surface area contributed by atoms with Crippen LogP contribution in [0, 0.1) is 0 Å². The molecule has 1 N–H and O–H groups in total. The van der Waals surface area contributed by atoms with E-state index in [1.807, 2.05) is 17.9 Å². The van der Waals surface area contributed by atoms with E-state index in [9.17, 15) is 9.59 Å². The van der Waals surface area contributed by atoms with Gasteiger partial charge in [-0.1, -0.05) is 12.1 Å². The van der Waals surface area contributed by atoms with Gasteiger partial charge in [0, 0.05) is 49.8 Å². The lowest BCUT2D eigenvalue weighted by atomic mass is 10.1. The Morgan fingerprint density at radius 3 is 2.90 bits per heavy atom. The SMILES string of the molecule is CCc1cc(C(=O)N2CCCC2c2cc3nc4c(c(=O)n3[nH]2)CCN(C(C)C)C4)no1. The van der Waals surface area contributed by atoms with Crippen LogP contribution in [0.15, 0.2) is 21.5 Å². The van der Waals surface area contributed by atoms with Crippen molar-refractivity contribution in [2.45, 2.75) is 65.1 Å². The van der Waals surface area contributed by atoms with Crippen molar-refractivity contribution in [1.82, 2.24) is 29.6 Å². The first-order valence-corrected chi connectivity index (χ1v) is 11.1. The van der Waals surface area contributed by atoms with E-state index in [1.54, 1.807) is 6.07 Å². The maximum Gasteiger partial charge on any atom is 0.276 e. The minimum Gasteiger partial charge on any atom is -0.361 e. The van der Waals surface area contributed by atoms with Gasteiger partial charge in [-0.05, 0) is 33.1 Å². The first-order valence-electron chi connectivity index (χ1n) is 11.1. The van der Waals surface area contributed by atoms with Crippen LogP contribution in [0.2, 0.25) is 0 Å². The Morgan fingerprint density at radius 2 is 2.16 bits per heavy atom. The van der Waals surface area contributed by atoms with Crippen LogP contribution in [0.1, 0.15) is 72.9 Å². The van der Waals surface area contributed by atoms with Gasteiger partial charge >= 0.3 is 0 Å². The summed E-state index contributed by atoms with van der Waals surface area (Å²) < 4.78 is 6.75. The van der Waals surface area contributed by atoms with E-state index in [0.29, 0.717) is 49.1 Å². The number of carbonyl (C=O) groups is 1. The van der Waals surface area contributed by atoms with Crippen molar-refractivity contribution in [3.8, 4) is 0 Å². The van der Waals surface area contributed by atoms with E-state index < -0.39 is 0 Å². The molecule has 0 aromatic carbocycles. The normalized spacial score (nSPS) is 19.5. The summed E-state index contributed by atoms with van der Waals surface area (Å²) in [5.74, 6) is 0.554. The maximum atomic E-state index is 13.1. The molecule has 2 aliphatic rings. The molecular formula is C22H28N6O3.